The lowest BCUT2D eigenvalue weighted by Crippen LogP contribution is -2.55. The number of β-amino-alcohol motifs (C(OH)–C–C–N with tert-alkyl or cyclic N) is 1. The van der Waals surface area contributed by atoms with Crippen molar-refractivity contribution in [2.45, 2.75) is 43.8 Å². The Kier molecular flexibility index (Phi) is 3.22. The highest BCUT2D eigenvalue weighted by Crippen LogP contribution is 2.37. The van der Waals surface area contributed by atoms with Crippen molar-refractivity contribution < 1.29 is 15.0 Å². The predicted octanol–water partition coefficient (Wildman–Crippen LogP) is 0.312. The molecule has 1 aromatic heterocycles. The highest BCUT2D eigenvalue weighted by atomic mass is 16.3. The fourth-order valence-electron chi connectivity index (χ4n) is 2.39. The predicted molar refractivity (Wildman–Crippen MR) is 71.2 cm³/mol. The first-order valence-corrected chi connectivity index (χ1v) is 6.99. The summed E-state index contributed by atoms with van der Waals surface area (Å²) >= 11 is 0. The fourth-order valence-corrected chi connectivity index (χ4v) is 2.39. The van der Waals surface area contributed by atoms with E-state index in [1.165, 1.54) is 4.90 Å². The molecule has 0 spiro atoms. The van der Waals surface area contributed by atoms with Gasteiger partial charge in [0.05, 0.1) is 17.3 Å². The summed E-state index contributed by atoms with van der Waals surface area (Å²) in [6.07, 6.45) is 4.80. The minimum atomic E-state index is -1.12. The van der Waals surface area contributed by atoms with Crippen LogP contribution in [0.25, 0.3) is 0 Å². The summed E-state index contributed by atoms with van der Waals surface area (Å²) in [7, 11) is 0. The number of carbonyl (C=O) groups is 1. The van der Waals surface area contributed by atoms with E-state index in [1.807, 2.05) is 0 Å². The van der Waals surface area contributed by atoms with Crippen molar-refractivity contribution in [1.82, 2.24) is 14.9 Å². The molecular weight excluding hydrogens is 258 g/mol. The molecule has 20 heavy (non-hydrogen) atoms. The maximum absolute atomic E-state index is 12.3. The molecule has 2 heterocycles. The minimum absolute atomic E-state index is 0.135. The average Bonchev–Trinajstić information content (AvgIpc) is 3.26. The normalized spacial score (nSPS) is 30.4. The lowest BCUT2D eigenvalue weighted by atomic mass is 9.90. The molecule has 1 aliphatic heterocycles. The van der Waals surface area contributed by atoms with Crippen molar-refractivity contribution in [3.63, 3.8) is 0 Å². The number of hydrogen-bond acceptors (Lipinski definition) is 5. The quantitative estimate of drug-likeness (QED) is 0.812. The molecular formula is C14H19N3O3. The number of aliphatic hydroxyl groups is 2. The van der Waals surface area contributed by atoms with Crippen LogP contribution in [0.4, 0.5) is 0 Å². The summed E-state index contributed by atoms with van der Waals surface area (Å²) in [5.41, 5.74) is -0.688. The summed E-state index contributed by atoms with van der Waals surface area (Å²) in [6.45, 7) is 2.15. The lowest BCUT2D eigenvalue weighted by molar-refractivity contribution is -0.0999. The van der Waals surface area contributed by atoms with Crippen molar-refractivity contribution >= 4 is 5.91 Å². The van der Waals surface area contributed by atoms with E-state index >= 15 is 0 Å². The van der Waals surface area contributed by atoms with Crippen molar-refractivity contribution in [2.24, 2.45) is 0 Å². The van der Waals surface area contributed by atoms with E-state index in [1.54, 1.807) is 19.3 Å². The van der Waals surface area contributed by atoms with Gasteiger partial charge in [-0.05, 0) is 26.2 Å². The van der Waals surface area contributed by atoms with Crippen LogP contribution < -0.4 is 0 Å². The molecule has 1 aliphatic carbocycles. The van der Waals surface area contributed by atoms with E-state index < -0.39 is 11.7 Å². The standard InChI is InChI=1S/C14H19N3O3/c1-14(20)4-5-17(8-11(14)18)13(19)10-6-15-12(16-7-10)9-2-3-9/h6-7,9,11,18,20H,2-5,8H2,1H3/t11-,14+/m0/s1. The molecule has 1 saturated carbocycles. The van der Waals surface area contributed by atoms with E-state index in [4.69, 9.17) is 0 Å². The second-order valence-electron chi connectivity index (χ2n) is 5.98. The molecule has 2 fully saturated rings. The van der Waals surface area contributed by atoms with Gasteiger partial charge in [0.15, 0.2) is 0 Å². The van der Waals surface area contributed by atoms with E-state index in [2.05, 4.69) is 9.97 Å². The van der Waals surface area contributed by atoms with E-state index in [9.17, 15) is 15.0 Å². The van der Waals surface area contributed by atoms with Crippen LogP contribution in [0.3, 0.4) is 0 Å². The largest absolute Gasteiger partial charge is 0.388 e. The Morgan fingerprint density at radius 1 is 1.40 bits per heavy atom. The van der Waals surface area contributed by atoms with Crippen LogP contribution in [0.2, 0.25) is 0 Å². The first-order valence-electron chi connectivity index (χ1n) is 6.99. The number of rotatable bonds is 2. The van der Waals surface area contributed by atoms with Crippen LogP contribution in [0.5, 0.6) is 0 Å². The highest BCUT2D eigenvalue weighted by molar-refractivity contribution is 5.93. The van der Waals surface area contributed by atoms with Gasteiger partial charge in [-0.25, -0.2) is 9.97 Å². The molecule has 2 N–H and O–H groups in total. The molecule has 0 unspecified atom stereocenters. The topological polar surface area (TPSA) is 86.5 Å². The van der Waals surface area contributed by atoms with Gasteiger partial charge in [-0.3, -0.25) is 4.79 Å². The SMILES string of the molecule is C[C@@]1(O)CCN(C(=O)c2cnc(C3CC3)nc2)C[C@@H]1O. The van der Waals surface area contributed by atoms with Crippen LogP contribution in [0.15, 0.2) is 12.4 Å². The minimum Gasteiger partial charge on any atom is -0.388 e. The molecule has 2 atom stereocenters. The molecule has 6 nitrogen and oxygen atoms in total. The Balaban J connectivity index is 1.69. The maximum atomic E-state index is 12.3. The Labute approximate surface area is 117 Å². The van der Waals surface area contributed by atoms with Crippen molar-refractivity contribution in [3.05, 3.63) is 23.8 Å². The third-order valence-electron chi connectivity index (χ3n) is 4.15. The highest BCUT2D eigenvalue weighted by Gasteiger charge is 2.38. The lowest BCUT2D eigenvalue weighted by Gasteiger charge is -2.39. The van der Waals surface area contributed by atoms with Gasteiger partial charge in [0.25, 0.3) is 5.91 Å². The number of carbonyl (C=O) groups excluding carboxylic acids is 1. The Morgan fingerprint density at radius 3 is 2.60 bits per heavy atom. The first kappa shape index (κ1) is 13.5. The number of piperidine rings is 1. The van der Waals surface area contributed by atoms with Gasteiger partial charge in [0, 0.05) is 31.4 Å². The number of likely N-dealkylation sites (tertiary alicyclic amines) is 1. The third kappa shape index (κ3) is 2.53. The third-order valence-corrected chi connectivity index (χ3v) is 4.15. The van der Waals surface area contributed by atoms with Crippen molar-refractivity contribution in [3.8, 4) is 0 Å². The van der Waals surface area contributed by atoms with Crippen LogP contribution >= 0.6 is 0 Å². The molecule has 1 aromatic rings. The average molecular weight is 277 g/mol. The van der Waals surface area contributed by atoms with Crippen molar-refractivity contribution in [1.29, 1.82) is 0 Å². The van der Waals surface area contributed by atoms with Crippen LogP contribution in [0.1, 0.15) is 48.3 Å². The zero-order valence-electron chi connectivity index (χ0n) is 11.5. The van der Waals surface area contributed by atoms with Gasteiger partial charge >= 0.3 is 0 Å². The summed E-state index contributed by atoms with van der Waals surface area (Å²) < 4.78 is 0. The van der Waals surface area contributed by atoms with Gasteiger partial charge in [-0.15, -0.1) is 0 Å². The fraction of sp³-hybridized carbons (Fsp3) is 0.643. The zero-order valence-corrected chi connectivity index (χ0v) is 11.5. The molecule has 2 aliphatic rings. The second-order valence-corrected chi connectivity index (χ2v) is 5.98. The number of nitrogens with zero attached hydrogens (tertiary/aromatic N) is 3. The van der Waals surface area contributed by atoms with Gasteiger partial charge in [-0.2, -0.15) is 0 Å². The molecule has 1 saturated heterocycles. The van der Waals surface area contributed by atoms with Crippen LogP contribution in [-0.4, -0.2) is 55.8 Å². The summed E-state index contributed by atoms with van der Waals surface area (Å²) in [6, 6.07) is 0. The van der Waals surface area contributed by atoms with Crippen LogP contribution in [-0.2, 0) is 0 Å². The monoisotopic (exact) mass is 277 g/mol. The molecule has 0 bridgehead atoms. The second kappa shape index (κ2) is 4.79. The van der Waals surface area contributed by atoms with Crippen LogP contribution in [0, 0.1) is 0 Å². The van der Waals surface area contributed by atoms with Gasteiger partial charge in [-0.1, -0.05) is 0 Å². The Morgan fingerprint density at radius 2 is 2.05 bits per heavy atom. The smallest absolute Gasteiger partial charge is 0.257 e. The van der Waals surface area contributed by atoms with E-state index in [0.29, 0.717) is 24.4 Å². The number of aromatic nitrogens is 2. The van der Waals surface area contributed by atoms with Crippen molar-refractivity contribution in [2.75, 3.05) is 13.1 Å². The van der Waals surface area contributed by atoms with E-state index in [-0.39, 0.29) is 12.5 Å². The van der Waals surface area contributed by atoms with Gasteiger partial charge in [0.2, 0.25) is 0 Å². The van der Waals surface area contributed by atoms with E-state index in [0.717, 1.165) is 18.7 Å². The number of hydrogen-bond donors (Lipinski definition) is 2. The molecule has 108 valence electrons. The Bertz CT molecular complexity index is 511. The molecule has 3 rings (SSSR count). The maximum Gasteiger partial charge on any atom is 0.257 e. The van der Waals surface area contributed by atoms with Gasteiger partial charge in [0.1, 0.15) is 5.82 Å². The summed E-state index contributed by atoms with van der Waals surface area (Å²) in [4.78, 5) is 22.3. The Hall–Kier alpha value is -1.53. The molecule has 0 aromatic carbocycles. The molecule has 0 radical (unpaired) electrons. The summed E-state index contributed by atoms with van der Waals surface area (Å²) in [5.74, 6) is 1.08. The molecule has 6 heteroatoms. The summed E-state index contributed by atoms with van der Waals surface area (Å²) in [5, 5.41) is 19.8. The number of amides is 1. The zero-order chi connectivity index (χ0) is 14.3. The number of aliphatic hydroxyl groups excluding tert-OH is 1. The van der Waals surface area contributed by atoms with Gasteiger partial charge < -0.3 is 15.1 Å². The molecule has 1 amide bonds. The first-order chi connectivity index (χ1) is 9.47.